The summed E-state index contributed by atoms with van der Waals surface area (Å²) in [6.45, 7) is 4.91. The van der Waals surface area contributed by atoms with Gasteiger partial charge in [-0.2, -0.15) is 4.31 Å². The fourth-order valence-electron chi connectivity index (χ4n) is 2.66. The Bertz CT molecular complexity index is 547. The van der Waals surface area contributed by atoms with Crippen LogP contribution in [-0.2, 0) is 14.8 Å². The molecule has 0 radical (unpaired) electrons. The number of hydrogen-bond donors (Lipinski definition) is 1. The second-order valence-corrected chi connectivity index (χ2v) is 7.73. The van der Waals surface area contributed by atoms with Gasteiger partial charge in [0.2, 0.25) is 10.0 Å². The lowest BCUT2D eigenvalue weighted by Gasteiger charge is -2.36. The zero-order valence-electron chi connectivity index (χ0n) is 12.6. The summed E-state index contributed by atoms with van der Waals surface area (Å²) < 4.78 is 32.4. The Labute approximate surface area is 127 Å². The highest BCUT2D eigenvalue weighted by Crippen LogP contribution is 2.21. The number of benzene rings is 1. The molecule has 0 spiro atoms. The highest BCUT2D eigenvalue weighted by atomic mass is 32.2. The summed E-state index contributed by atoms with van der Waals surface area (Å²) in [6.07, 6.45) is -0.329. The molecule has 118 valence electrons. The molecule has 21 heavy (non-hydrogen) atoms. The van der Waals surface area contributed by atoms with E-state index in [4.69, 9.17) is 10.5 Å². The van der Waals surface area contributed by atoms with E-state index < -0.39 is 10.0 Å². The third kappa shape index (κ3) is 4.26. The van der Waals surface area contributed by atoms with Crippen molar-refractivity contribution < 1.29 is 13.2 Å². The SMILES string of the molecule is CC1CN(S(=O)(=O)CC(C)c2ccccc2)CC(CN)O1. The summed E-state index contributed by atoms with van der Waals surface area (Å²) >= 11 is 0. The van der Waals surface area contributed by atoms with Crippen LogP contribution in [0.4, 0.5) is 0 Å². The van der Waals surface area contributed by atoms with E-state index in [0.29, 0.717) is 19.6 Å². The fraction of sp³-hybridized carbons (Fsp3) is 0.600. The van der Waals surface area contributed by atoms with Crippen LogP contribution in [0.25, 0.3) is 0 Å². The summed E-state index contributed by atoms with van der Waals surface area (Å²) in [5, 5.41) is 0. The molecule has 0 bridgehead atoms. The van der Waals surface area contributed by atoms with E-state index in [1.54, 1.807) is 0 Å². The Balaban J connectivity index is 2.07. The van der Waals surface area contributed by atoms with Gasteiger partial charge in [-0.25, -0.2) is 8.42 Å². The topological polar surface area (TPSA) is 72.6 Å². The molecule has 1 saturated heterocycles. The molecule has 2 N–H and O–H groups in total. The summed E-state index contributed by atoms with van der Waals surface area (Å²) in [7, 11) is -3.31. The van der Waals surface area contributed by atoms with Crippen LogP contribution >= 0.6 is 0 Å². The van der Waals surface area contributed by atoms with E-state index in [1.807, 2.05) is 44.2 Å². The van der Waals surface area contributed by atoms with Gasteiger partial charge in [0.05, 0.1) is 18.0 Å². The molecule has 1 heterocycles. The van der Waals surface area contributed by atoms with Crippen LogP contribution in [-0.4, -0.2) is 50.3 Å². The number of morpholine rings is 1. The van der Waals surface area contributed by atoms with Crippen molar-refractivity contribution >= 4 is 10.0 Å². The molecule has 1 aromatic carbocycles. The molecule has 1 fully saturated rings. The van der Waals surface area contributed by atoms with Crippen LogP contribution in [0, 0.1) is 0 Å². The van der Waals surface area contributed by atoms with Gasteiger partial charge in [0.25, 0.3) is 0 Å². The first-order chi connectivity index (χ1) is 9.92. The number of nitrogens with two attached hydrogens (primary N) is 1. The average molecular weight is 312 g/mol. The number of hydrogen-bond acceptors (Lipinski definition) is 4. The van der Waals surface area contributed by atoms with Crippen molar-refractivity contribution in [3.63, 3.8) is 0 Å². The highest BCUT2D eigenvalue weighted by Gasteiger charge is 2.33. The molecular weight excluding hydrogens is 288 g/mol. The van der Waals surface area contributed by atoms with Crippen molar-refractivity contribution in [3.05, 3.63) is 35.9 Å². The number of ether oxygens (including phenoxy) is 1. The Hall–Kier alpha value is -0.950. The van der Waals surface area contributed by atoms with Gasteiger partial charge in [0.1, 0.15) is 0 Å². The van der Waals surface area contributed by atoms with Gasteiger partial charge in [-0.1, -0.05) is 37.3 Å². The van der Waals surface area contributed by atoms with Crippen LogP contribution in [0.2, 0.25) is 0 Å². The quantitative estimate of drug-likeness (QED) is 0.886. The molecule has 0 aromatic heterocycles. The molecule has 3 atom stereocenters. The summed E-state index contributed by atoms with van der Waals surface area (Å²) in [4.78, 5) is 0. The van der Waals surface area contributed by atoms with Gasteiger partial charge in [-0.3, -0.25) is 0 Å². The van der Waals surface area contributed by atoms with Crippen LogP contribution in [0.1, 0.15) is 25.3 Å². The van der Waals surface area contributed by atoms with Gasteiger partial charge < -0.3 is 10.5 Å². The average Bonchev–Trinajstić information content (AvgIpc) is 2.47. The summed E-state index contributed by atoms with van der Waals surface area (Å²) in [6, 6.07) is 9.72. The lowest BCUT2D eigenvalue weighted by atomic mass is 10.0. The molecule has 1 aromatic rings. The minimum absolute atomic E-state index is 0.0364. The smallest absolute Gasteiger partial charge is 0.214 e. The van der Waals surface area contributed by atoms with Crippen LogP contribution in [0.3, 0.4) is 0 Å². The van der Waals surface area contributed by atoms with Gasteiger partial charge in [0.15, 0.2) is 0 Å². The Kier molecular flexibility index (Phi) is 5.37. The molecule has 0 aliphatic carbocycles. The standard InChI is InChI=1S/C15H24N2O3S/c1-12(14-6-4-3-5-7-14)11-21(18,19)17-9-13(2)20-15(8-16)10-17/h3-7,12-13,15H,8-11,16H2,1-2H3. The maximum Gasteiger partial charge on any atom is 0.214 e. The second-order valence-electron chi connectivity index (χ2n) is 5.71. The Morgan fingerprint density at radius 1 is 1.33 bits per heavy atom. The predicted octanol–water partition coefficient (Wildman–Crippen LogP) is 1.17. The maximum absolute atomic E-state index is 12.6. The first-order valence-corrected chi connectivity index (χ1v) is 8.91. The minimum Gasteiger partial charge on any atom is -0.371 e. The fourth-order valence-corrected chi connectivity index (χ4v) is 4.52. The summed E-state index contributed by atoms with van der Waals surface area (Å²) in [5.74, 6) is 0.0757. The van der Waals surface area contributed by atoms with E-state index in [2.05, 4.69) is 0 Å². The van der Waals surface area contributed by atoms with Gasteiger partial charge in [0, 0.05) is 19.6 Å². The first-order valence-electron chi connectivity index (χ1n) is 7.30. The predicted molar refractivity (Wildman–Crippen MR) is 83.6 cm³/mol. The van der Waals surface area contributed by atoms with Crippen molar-refractivity contribution in [2.45, 2.75) is 32.0 Å². The zero-order valence-corrected chi connectivity index (χ0v) is 13.4. The van der Waals surface area contributed by atoms with E-state index >= 15 is 0 Å². The number of sulfonamides is 1. The zero-order chi connectivity index (χ0) is 15.5. The van der Waals surface area contributed by atoms with Crippen molar-refractivity contribution in [1.29, 1.82) is 0 Å². The first kappa shape index (κ1) is 16.4. The second kappa shape index (κ2) is 6.87. The third-order valence-electron chi connectivity index (χ3n) is 3.78. The molecule has 1 aliphatic heterocycles. The Morgan fingerprint density at radius 2 is 2.00 bits per heavy atom. The van der Waals surface area contributed by atoms with E-state index in [9.17, 15) is 8.42 Å². The maximum atomic E-state index is 12.6. The third-order valence-corrected chi connectivity index (χ3v) is 5.78. The van der Waals surface area contributed by atoms with E-state index in [-0.39, 0.29) is 23.9 Å². The van der Waals surface area contributed by atoms with Gasteiger partial charge in [-0.05, 0) is 18.4 Å². The molecule has 0 amide bonds. The summed E-state index contributed by atoms with van der Waals surface area (Å²) in [5.41, 5.74) is 6.66. The van der Waals surface area contributed by atoms with Crippen molar-refractivity contribution in [2.75, 3.05) is 25.4 Å². The van der Waals surface area contributed by atoms with Crippen LogP contribution in [0.5, 0.6) is 0 Å². The molecule has 6 heteroatoms. The number of rotatable bonds is 5. The lowest BCUT2D eigenvalue weighted by Crippen LogP contribution is -2.52. The van der Waals surface area contributed by atoms with Gasteiger partial charge >= 0.3 is 0 Å². The minimum atomic E-state index is -3.31. The largest absolute Gasteiger partial charge is 0.371 e. The Morgan fingerprint density at radius 3 is 2.62 bits per heavy atom. The lowest BCUT2D eigenvalue weighted by molar-refractivity contribution is -0.0486. The van der Waals surface area contributed by atoms with E-state index in [1.165, 1.54) is 4.31 Å². The van der Waals surface area contributed by atoms with Crippen LogP contribution < -0.4 is 5.73 Å². The van der Waals surface area contributed by atoms with Gasteiger partial charge in [-0.15, -0.1) is 0 Å². The molecule has 2 rings (SSSR count). The molecule has 0 saturated carbocycles. The van der Waals surface area contributed by atoms with Crippen LogP contribution in [0.15, 0.2) is 30.3 Å². The molecule has 5 nitrogen and oxygen atoms in total. The molecular formula is C15H24N2O3S. The number of nitrogens with zero attached hydrogens (tertiary/aromatic N) is 1. The normalized spacial score (nSPS) is 25.7. The van der Waals surface area contributed by atoms with Crippen molar-refractivity contribution in [2.24, 2.45) is 5.73 Å². The highest BCUT2D eigenvalue weighted by molar-refractivity contribution is 7.89. The molecule has 3 unspecified atom stereocenters. The van der Waals surface area contributed by atoms with Crippen molar-refractivity contribution in [1.82, 2.24) is 4.31 Å². The molecule has 1 aliphatic rings. The van der Waals surface area contributed by atoms with E-state index in [0.717, 1.165) is 5.56 Å². The monoisotopic (exact) mass is 312 g/mol. The van der Waals surface area contributed by atoms with Crippen molar-refractivity contribution in [3.8, 4) is 0 Å².